The Hall–Kier alpha value is -0.300. The fraction of sp³-hybridized carbons (Fsp3) is 0.571. The van der Waals surface area contributed by atoms with Crippen LogP contribution in [0.15, 0.2) is 4.99 Å². The van der Waals surface area contributed by atoms with Crippen LogP contribution in [0, 0.1) is 0 Å². The highest BCUT2D eigenvalue weighted by molar-refractivity contribution is 14.2. The van der Waals surface area contributed by atoms with E-state index in [0.29, 0.717) is 0 Å². The Labute approximate surface area is 82.7 Å². The lowest BCUT2D eigenvalue weighted by Gasteiger charge is -2.00. The summed E-state index contributed by atoms with van der Waals surface area (Å²) in [5.41, 5.74) is 0. The Morgan fingerprint density at radius 3 is 3.00 bits per heavy atom. The van der Waals surface area contributed by atoms with Crippen molar-refractivity contribution in [2.45, 2.75) is 6.42 Å². The molecule has 0 spiro atoms. The van der Waals surface area contributed by atoms with Gasteiger partial charge in [0.15, 0.2) is 0 Å². The van der Waals surface area contributed by atoms with E-state index in [1.807, 2.05) is 0 Å². The van der Waals surface area contributed by atoms with Crippen molar-refractivity contribution in [3.8, 4) is 0 Å². The van der Waals surface area contributed by atoms with Gasteiger partial charge in [0.25, 0.3) is 0 Å². The van der Waals surface area contributed by atoms with Gasteiger partial charge in [-0.1, -0.05) is 0 Å². The van der Waals surface area contributed by atoms with Gasteiger partial charge in [0.05, 0.1) is 6.54 Å². The third kappa shape index (κ3) is 7.80. The van der Waals surface area contributed by atoms with Gasteiger partial charge in [-0.05, 0) is 24.2 Å². The highest BCUT2D eigenvalue weighted by Gasteiger charge is 1.98. The van der Waals surface area contributed by atoms with Gasteiger partial charge in [0.1, 0.15) is 21.1 Å². The van der Waals surface area contributed by atoms with Crippen LogP contribution in [0.5, 0.6) is 0 Å². The molecule has 0 fully saturated rings. The SMILES string of the molecule is C=NCCCNCC(=O)OI=C. The molecule has 70 valence electrons. The summed E-state index contributed by atoms with van der Waals surface area (Å²) in [5.74, 6) is -0.218. The highest BCUT2D eigenvalue weighted by atomic mass is 127. The number of nitrogens with one attached hydrogen (secondary N) is 1. The molecule has 0 aliphatic carbocycles. The van der Waals surface area contributed by atoms with Crippen LogP contribution in [0.25, 0.3) is 0 Å². The number of hydrogen-bond acceptors (Lipinski definition) is 4. The predicted molar refractivity (Wildman–Crippen MR) is 59.1 cm³/mol. The van der Waals surface area contributed by atoms with Crippen molar-refractivity contribution in [3.05, 3.63) is 0 Å². The minimum Gasteiger partial charge on any atom is -0.403 e. The number of carbonyl (C=O) groups excluding carboxylic acids is 1. The topological polar surface area (TPSA) is 50.7 Å². The molecular formula is C7H13IN2O2. The molecule has 0 saturated carbocycles. The van der Waals surface area contributed by atoms with E-state index >= 15 is 0 Å². The third-order valence-electron chi connectivity index (χ3n) is 1.08. The first kappa shape index (κ1) is 11.7. The zero-order valence-electron chi connectivity index (χ0n) is 6.88. The first-order valence-electron chi connectivity index (χ1n) is 3.52. The van der Waals surface area contributed by atoms with Crippen molar-refractivity contribution in [1.29, 1.82) is 0 Å². The van der Waals surface area contributed by atoms with Crippen molar-refractivity contribution in [1.82, 2.24) is 5.32 Å². The van der Waals surface area contributed by atoms with E-state index in [-0.39, 0.29) is 12.5 Å². The van der Waals surface area contributed by atoms with Gasteiger partial charge in [-0.15, -0.1) is 0 Å². The molecule has 0 aromatic heterocycles. The van der Waals surface area contributed by atoms with Crippen LogP contribution in [0.1, 0.15) is 6.42 Å². The molecule has 0 radical (unpaired) electrons. The smallest absolute Gasteiger partial charge is 0.328 e. The number of hydrogen-bond donors (Lipinski definition) is 1. The molecule has 0 saturated heterocycles. The summed E-state index contributed by atoms with van der Waals surface area (Å²) < 4.78 is 8.21. The molecule has 0 unspecified atom stereocenters. The van der Waals surface area contributed by atoms with E-state index in [9.17, 15) is 4.79 Å². The summed E-state index contributed by atoms with van der Waals surface area (Å²) in [6, 6.07) is 0. The van der Waals surface area contributed by atoms with Crippen LogP contribution >= 0.6 is 21.1 Å². The molecule has 0 heterocycles. The number of carbonyl (C=O) groups is 1. The number of nitrogens with zero attached hydrogens (tertiary/aromatic N) is 1. The summed E-state index contributed by atoms with van der Waals surface area (Å²) in [4.78, 5) is 14.4. The van der Waals surface area contributed by atoms with Gasteiger partial charge in [-0.2, -0.15) is 0 Å². The van der Waals surface area contributed by atoms with Gasteiger partial charge < -0.3 is 13.4 Å². The number of halogens is 1. The fourth-order valence-electron chi connectivity index (χ4n) is 0.594. The Morgan fingerprint density at radius 2 is 2.42 bits per heavy atom. The molecule has 0 aromatic carbocycles. The van der Waals surface area contributed by atoms with E-state index in [1.165, 1.54) is 0 Å². The molecule has 5 heteroatoms. The largest absolute Gasteiger partial charge is 0.403 e. The zero-order chi connectivity index (χ0) is 9.23. The first-order valence-corrected chi connectivity index (χ1v) is 5.93. The average molecular weight is 284 g/mol. The van der Waals surface area contributed by atoms with Gasteiger partial charge >= 0.3 is 5.97 Å². The lowest BCUT2D eigenvalue weighted by molar-refractivity contribution is -0.130. The number of rotatable bonds is 7. The first-order chi connectivity index (χ1) is 5.81. The zero-order valence-corrected chi connectivity index (χ0v) is 9.04. The standard InChI is InChI=1S/C7H13IN2O2/c1-8-12-7(11)6-10-5-3-4-9-2/h10H,1-6H2. The second-order valence-corrected chi connectivity index (χ2v) is 3.10. The fourth-order valence-corrected chi connectivity index (χ4v) is 1.10. The molecule has 1 N–H and O–H groups in total. The summed E-state index contributed by atoms with van der Waals surface area (Å²) in [7, 11) is 0. The maximum absolute atomic E-state index is 10.7. The second kappa shape index (κ2) is 8.79. The van der Waals surface area contributed by atoms with Crippen LogP contribution in [-0.4, -0.2) is 36.8 Å². The summed E-state index contributed by atoms with van der Waals surface area (Å²) in [5, 5.41) is 2.93. The Balaban J connectivity index is 3.13. The third-order valence-corrected chi connectivity index (χ3v) is 1.88. The molecule has 4 nitrogen and oxygen atoms in total. The number of aliphatic imine (C=N–C) groups is 1. The monoisotopic (exact) mass is 284 g/mol. The lowest BCUT2D eigenvalue weighted by Crippen LogP contribution is -2.24. The normalized spacial score (nSPS) is 9.33. The van der Waals surface area contributed by atoms with Crippen molar-refractivity contribution >= 4 is 38.3 Å². The van der Waals surface area contributed by atoms with Gasteiger partial charge in [-0.25, -0.2) is 4.79 Å². The molecule has 0 aliphatic heterocycles. The lowest BCUT2D eigenvalue weighted by atomic mass is 10.4. The molecule has 0 atom stereocenters. The summed E-state index contributed by atoms with van der Waals surface area (Å²) in [6.07, 6.45) is 0.899. The van der Waals surface area contributed by atoms with E-state index < -0.39 is 21.1 Å². The van der Waals surface area contributed by atoms with E-state index in [4.69, 9.17) is 3.07 Å². The van der Waals surface area contributed by atoms with Crippen LogP contribution in [0.3, 0.4) is 0 Å². The van der Waals surface area contributed by atoms with Crippen LogP contribution in [-0.2, 0) is 7.86 Å². The van der Waals surface area contributed by atoms with E-state index in [0.717, 1.165) is 19.5 Å². The van der Waals surface area contributed by atoms with Crippen LogP contribution in [0.4, 0.5) is 0 Å². The minimum absolute atomic E-state index is 0.218. The van der Waals surface area contributed by atoms with Crippen LogP contribution < -0.4 is 5.32 Å². The van der Waals surface area contributed by atoms with Gasteiger partial charge in [0, 0.05) is 6.54 Å². The molecule has 0 aliphatic rings. The Kier molecular flexibility index (Phi) is 8.57. The summed E-state index contributed by atoms with van der Waals surface area (Å²) in [6.45, 7) is 5.11. The van der Waals surface area contributed by atoms with Crippen LogP contribution in [0.2, 0.25) is 0 Å². The van der Waals surface area contributed by atoms with E-state index in [1.54, 1.807) is 0 Å². The molecular weight excluding hydrogens is 271 g/mol. The maximum atomic E-state index is 10.7. The molecule has 0 rings (SSSR count). The second-order valence-electron chi connectivity index (χ2n) is 2.04. The minimum atomic E-state index is -0.630. The van der Waals surface area contributed by atoms with Gasteiger partial charge in [-0.3, -0.25) is 0 Å². The Bertz CT molecular complexity index is 161. The van der Waals surface area contributed by atoms with Crippen molar-refractivity contribution in [3.63, 3.8) is 0 Å². The van der Waals surface area contributed by atoms with Crippen molar-refractivity contribution in [2.24, 2.45) is 4.99 Å². The molecule has 0 amide bonds. The van der Waals surface area contributed by atoms with Crippen molar-refractivity contribution < 1.29 is 7.86 Å². The summed E-state index contributed by atoms with van der Waals surface area (Å²) >= 11 is -0.630. The highest BCUT2D eigenvalue weighted by Crippen LogP contribution is 1.93. The predicted octanol–water partition coefficient (Wildman–Crippen LogP) is 0.528. The van der Waals surface area contributed by atoms with E-state index in [2.05, 4.69) is 21.5 Å². The quantitative estimate of drug-likeness (QED) is 0.421. The van der Waals surface area contributed by atoms with Gasteiger partial charge in [0.2, 0.25) is 0 Å². The average Bonchev–Trinajstić information content (AvgIpc) is 2.05. The molecule has 0 bridgehead atoms. The Morgan fingerprint density at radius 1 is 1.67 bits per heavy atom. The molecule has 12 heavy (non-hydrogen) atoms. The maximum Gasteiger partial charge on any atom is 0.328 e. The van der Waals surface area contributed by atoms with Crippen molar-refractivity contribution in [2.75, 3.05) is 19.6 Å². The molecule has 0 aromatic rings.